The van der Waals surface area contributed by atoms with Crippen molar-refractivity contribution in [2.45, 2.75) is 59.7 Å². The van der Waals surface area contributed by atoms with Gasteiger partial charge in [0.15, 0.2) is 5.82 Å². The highest BCUT2D eigenvalue weighted by Crippen LogP contribution is 2.36. The van der Waals surface area contributed by atoms with Crippen molar-refractivity contribution in [2.75, 3.05) is 11.4 Å². The van der Waals surface area contributed by atoms with Gasteiger partial charge in [-0.3, -0.25) is 9.69 Å². The molecule has 3 aromatic rings. The minimum absolute atomic E-state index is 0.146. The molecule has 1 aromatic heterocycles. The maximum absolute atomic E-state index is 13.2. The molecule has 2 aromatic carbocycles. The van der Waals surface area contributed by atoms with Gasteiger partial charge in [-0.2, -0.15) is 0 Å². The van der Waals surface area contributed by atoms with E-state index in [1.165, 1.54) is 11.8 Å². The summed E-state index contributed by atoms with van der Waals surface area (Å²) < 4.78 is 11.1. The average molecular weight is 474 g/mol. The SMILES string of the molecule is CC(=O)OC1Cc2nc(-c3ccc(C)cc3)c(-c3ccc(C)cc3)nc2N(C(=O)OC(C)(C)C)C1. The van der Waals surface area contributed by atoms with E-state index in [0.717, 1.165) is 22.3 Å². The summed E-state index contributed by atoms with van der Waals surface area (Å²) >= 11 is 0. The van der Waals surface area contributed by atoms with Gasteiger partial charge in [0.05, 0.1) is 23.6 Å². The fourth-order valence-corrected chi connectivity index (χ4v) is 4.00. The lowest BCUT2D eigenvalue weighted by Crippen LogP contribution is -2.47. The standard InChI is InChI=1S/C28H31N3O4/c1-17-7-11-20(12-8-17)24-25(21-13-9-18(2)10-14-21)30-26-23(29-24)15-22(34-19(3)32)16-31(26)27(33)35-28(4,5)6/h7-14,22H,15-16H2,1-6H3. The second-order valence-electron chi connectivity index (χ2n) is 9.95. The Labute approximate surface area is 206 Å². The van der Waals surface area contributed by atoms with Crippen molar-refractivity contribution in [2.24, 2.45) is 0 Å². The first-order chi connectivity index (χ1) is 16.5. The summed E-state index contributed by atoms with van der Waals surface area (Å²) in [6.45, 7) is 11.0. The molecule has 1 atom stereocenters. The fraction of sp³-hybridized carbons (Fsp3) is 0.357. The number of nitrogens with zero attached hydrogens (tertiary/aromatic N) is 3. The van der Waals surface area contributed by atoms with Gasteiger partial charge < -0.3 is 9.47 Å². The Morgan fingerprint density at radius 1 is 0.886 bits per heavy atom. The van der Waals surface area contributed by atoms with Crippen LogP contribution in [0, 0.1) is 13.8 Å². The molecule has 0 radical (unpaired) electrons. The summed E-state index contributed by atoms with van der Waals surface area (Å²) in [6.07, 6.45) is -0.741. The Bertz CT molecular complexity index is 1240. The molecule has 1 amide bonds. The second-order valence-corrected chi connectivity index (χ2v) is 9.95. The van der Waals surface area contributed by atoms with Crippen LogP contribution in [0.1, 0.15) is 44.5 Å². The number of amides is 1. The monoisotopic (exact) mass is 473 g/mol. The molecule has 1 unspecified atom stereocenters. The van der Waals surface area contributed by atoms with Gasteiger partial charge in [0.25, 0.3) is 0 Å². The lowest BCUT2D eigenvalue weighted by atomic mass is 10.0. The molecule has 0 N–H and O–H groups in total. The van der Waals surface area contributed by atoms with E-state index in [1.54, 1.807) is 0 Å². The summed E-state index contributed by atoms with van der Waals surface area (Å²) in [5.41, 5.74) is 5.36. The highest BCUT2D eigenvalue weighted by Gasteiger charge is 2.36. The number of carbonyl (C=O) groups excluding carboxylic acids is 2. The molecule has 0 fully saturated rings. The van der Waals surface area contributed by atoms with E-state index in [1.807, 2.05) is 83.1 Å². The quantitative estimate of drug-likeness (QED) is 0.457. The third-order valence-corrected chi connectivity index (χ3v) is 5.61. The first-order valence-corrected chi connectivity index (χ1v) is 11.7. The number of esters is 1. The summed E-state index contributed by atoms with van der Waals surface area (Å²) in [7, 11) is 0. The number of hydrogen-bond donors (Lipinski definition) is 0. The van der Waals surface area contributed by atoms with Crippen LogP contribution in [0.25, 0.3) is 22.5 Å². The molecule has 0 bridgehead atoms. The predicted octanol–water partition coefficient (Wildman–Crippen LogP) is 5.66. The van der Waals surface area contributed by atoms with Gasteiger partial charge in [-0.25, -0.2) is 14.8 Å². The summed E-state index contributed by atoms with van der Waals surface area (Å²) in [5.74, 6) is 0.0136. The number of hydrogen-bond acceptors (Lipinski definition) is 6. The van der Waals surface area contributed by atoms with Crippen molar-refractivity contribution in [1.82, 2.24) is 9.97 Å². The number of anilines is 1. The number of rotatable bonds is 3. The number of benzene rings is 2. The number of aromatic nitrogens is 2. The van der Waals surface area contributed by atoms with Gasteiger partial charge in [-0.1, -0.05) is 59.7 Å². The van der Waals surface area contributed by atoms with E-state index in [4.69, 9.17) is 19.4 Å². The smallest absolute Gasteiger partial charge is 0.416 e. The zero-order chi connectivity index (χ0) is 25.3. The van der Waals surface area contributed by atoms with Crippen LogP contribution in [-0.2, 0) is 20.7 Å². The minimum Gasteiger partial charge on any atom is -0.460 e. The molecule has 1 aliphatic rings. The number of carbonyl (C=O) groups is 2. The van der Waals surface area contributed by atoms with Crippen LogP contribution < -0.4 is 4.90 Å². The van der Waals surface area contributed by atoms with Crippen LogP contribution in [-0.4, -0.2) is 40.3 Å². The van der Waals surface area contributed by atoms with Crippen LogP contribution in [0.15, 0.2) is 48.5 Å². The van der Waals surface area contributed by atoms with Gasteiger partial charge in [0.2, 0.25) is 0 Å². The number of ether oxygens (including phenoxy) is 2. The highest BCUT2D eigenvalue weighted by molar-refractivity contribution is 5.90. The minimum atomic E-state index is -0.694. The van der Waals surface area contributed by atoms with E-state index in [9.17, 15) is 9.59 Å². The first kappa shape index (κ1) is 24.4. The maximum Gasteiger partial charge on any atom is 0.416 e. The van der Waals surface area contributed by atoms with Gasteiger partial charge in [-0.15, -0.1) is 0 Å². The molecule has 0 saturated carbocycles. The van der Waals surface area contributed by atoms with Crippen LogP contribution in [0.2, 0.25) is 0 Å². The van der Waals surface area contributed by atoms with Gasteiger partial charge in [-0.05, 0) is 34.6 Å². The molecule has 35 heavy (non-hydrogen) atoms. The van der Waals surface area contributed by atoms with E-state index < -0.39 is 23.8 Å². The molecular weight excluding hydrogens is 442 g/mol. The largest absolute Gasteiger partial charge is 0.460 e. The zero-order valence-electron chi connectivity index (χ0n) is 21.1. The van der Waals surface area contributed by atoms with Crippen molar-refractivity contribution in [3.8, 4) is 22.5 Å². The van der Waals surface area contributed by atoms with Crippen molar-refractivity contribution >= 4 is 17.9 Å². The topological polar surface area (TPSA) is 81.6 Å². The molecule has 0 aliphatic carbocycles. The Kier molecular flexibility index (Phi) is 6.61. The zero-order valence-corrected chi connectivity index (χ0v) is 21.1. The molecule has 4 rings (SSSR count). The lowest BCUT2D eigenvalue weighted by Gasteiger charge is -2.34. The van der Waals surface area contributed by atoms with Crippen molar-refractivity contribution < 1.29 is 19.1 Å². The Morgan fingerprint density at radius 2 is 1.40 bits per heavy atom. The van der Waals surface area contributed by atoms with Crippen LogP contribution in [0.3, 0.4) is 0 Å². The first-order valence-electron chi connectivity index (χ1n) is 11.7. The molecule has 7 nitrogen and oxygen atoms in total. The van der Waals surface area contributed by atoms with Crippen molar-refractivity contribution in [3.63, 3.8) is 0 Å². The van der Waals surface area contributed by atoms with Crippen LogP contribution in [0.5, 0.6) is 0 Å². The lowest BCUT2D eigenvalue weighted by molar-refractivity contribution is -0.146. The van der Waals surface area contributed by atoms with E-state index >= 15 is 0 Å². The maximum atomic E-state index is 13.2. The average Bonchev–Trinajstić information content (AvgIpc) is 2.77. The Balaban J connectivity index is 1.90. The van der Waals surface area contributed by atoms with Gasteiger partial charge in [0, 0.05) is 24.5 Å². The summed E-state index contributed by atoms with van der Waals surface area (Å²) in [5, 5.41) is 0. The van der Waals surface area contributed by atoms with Crippen molar-refractivity contribution in [1.29, 1.82) is 0 Å². The van der Waals surface area contributed by atoms with Crippen LogP contribution in [0.4, 0.5) is 10.6 Å². The molecule has 0 spiro atoms. The molecule has 7 heteroatoms. The number of aryl methyl sites for hydroxylation is 2. The normalized spacial score (nSPS) is 15.4. The van der Waals surface area contributed by atoms with Gasteiger partial charge >= 0.3 is 12.1 Å². The second kappa shape index (κ2) is 9.49. The Morgan fingerprint density at radius 3 is 1.89 bits per heavy atom. The molecule has 1 aliphatic heterocycles. The highest BCUT2D eigenvalue weighted by atomic mass is 16.6. The van der Waals surface area contributed by atoms with E-state index in [2.05, 4.69) is 0 Å². The summed E-state index contributed by atoms with van der Waals surface area (Å²) in [4.78, 5) is 36.3. The van der Waals surface area contributed by atoms with E-state index in [-0.39, 0.29) is 6.54 Å². The van der Waals surface area contributed by atoms with Crippen LogP contribution >= 0.6 is 0 Å². The predicted molar refractivity (Wildman–Crippen MR) is 135 cm³/mol. The fourth-order valence-electron chi connectivity index (χ4n) is 4.00. The Hall–Kier alpha value is -3.74. The molecular formula is C28H31N3O4. The summed E-state index contributed by atoms with van der Waals surface area (Å²) in [6, 6.07) is 16.2. The van der Waals surface area contributed by atoms with Crippen molar-refractivity contribution in [3.05, 3.63) is 65.4 Å². The van der Waals surface area contributed by atoms with Gasteiger partial charge in [0.1, 0.15) is 11.7 Å². The molecule has 0 saturated heterocycles. The molecule has 182 valence electrons. The van der Waals surface area contributed by atoms with E-state index in [0.29, 0.717) is 29.3 Å². The number of fused-ring (bicyclic) bond motifs is 1. The third-order valence-electron chi connectivity index (χ3n) is 5.61. The molecule has 2 heterocycles. The third kappa shape index (κ3) is 5.67.